The van der Waals surface area contributed by atoms with Gasteiger partial charge in [0.1, 0.15) is 23.6 Å². The molecule has 0 radical (unpaired) electrons. The van der Waals surface area contributed by atoms with Crippen molar-refractivity contribution in [3.05, 3.63) is 59.4 Å². The number of nitrogens with zero attached hydrogens (tertiary/aromatic N) is 1. The molecule has 10 heteroatoms. The monoisotopic (exact) mass is 520 g/mol. The van der Waals surface area contributed by atoms with Gasteiger partial charge in [-0.2, -0.15) is 0 Å². The van der Waals surface area contributed by atoms with Gasteiger partial charge in [-0.3, -0.25) is 4.79 Å². The number of benzene rings is 2. The van der Waals surface area contributed by atoms with Crippen LogP contribution < -0.4 is 4.72 Å². The van der Waals surface area contributed by atoms with E-state index in [2.05, 4.69) is 4.72 Å². The third kappa shape index (κ3) is 4.43. The number of piperidine rings is 1. The van der Waals surface area contributed by atoms with Gasteiger partial charge in [-0.25, -0.2) is 26.3 Å². The normalized spacial score (nSPS) is 29.4. The maximum Gasteiger partial charge on any atom is 0.252 e. The van der Waals surface area contributed by atoms with Gasteiger partial charge in [-0.15, -0.1) is 0 Å². The molecule has 5 atom stereocenters. The molecule has 2 heterocycles. The average Bonchev–Trinajstić information content (AvgIpc) is 3.67. The first kappa shape index (κ1) is 23.9. The number of nitrogens with one attached hydrogen (secondary N) is 1. The first-order chi connectivity index (χ1) is 17.2. The van der Waals surface area contributed by atoms with E-state index >= 15 is 4.39 Å². The molecule has 192 valence electrons. The number of ether oxygens (including phenoxy) is 1. The minimum Gasteiger partial charge on any atom is -0.368 e. The molecule has 6 nitrogen and oxygen atoms in total. The van der Waals surface area contributed by atoms with Gasteiger partial charge in [0.05, 0.1) is 17.9 Å². The quantitative estimate of drug-likeness (QED) is 0.606. The third-order valence-corrected chi connectivity index (χ3v) is 9.79. The van der Waals surface area contributed by atoms with E-state index in [0.717, 1.165) is 24.6 Å². The predicted octanol–water partition coefficient (Wildman–Crippen LogP) is 3.54. The first-order valence-corrected chi connectivity index (χ1v) is 13.9. The molecule has 36 heavy (non-hydrogen) atoms. The van der Waals surface area contributed by atoms with Gasteiger partial charge in [-0.1, -0.05) is 18.2 Å². The van der Waals surface area contributed by atoms with Gasteiger partial charge in [0, 0.05) is 30.1 Å². The molecule has 2 saturated heterocycles. The van der Waals surface area contributed by atoms with Crippen LogP contribution in [0.4, 0.5) is 13.2 Å². The number of fused-ring (bicyclic) bond motifs is 1. The highest BCUT2D eigenvalue weighted by Crippen LogP contribution is 2.47. The van der Waals surface area contributed by atoms with Gasteiger partial charge in [0.25, 0.3) is 5.91 Å². The summed E-state index contributed by atoms with van der Waals surface area (Å²) in [7, 11) is -3.54. The average molecular weight is 521 g/mol. The number of rotatable bonds is 7. The van der Waals surface area contributed by atoms with Crippen LogP contribution in [0.1, 0.15) is 37.7 Å². The highest BCUT2D eigenvalue weighted by molar-refractivity contribution is 7.90. The van der Waals surface area contributed by atoms with Gasteiger partial charge in [0.15, 0.2) is 0 Å². The fourth-order valence-corrected chi connectivity index (χ4v) is 7.24. The number of likely N-dealkylation sites (tertiary alicyclic amines) is 1. The molecule has 4 fully saturated rings. The molecular weight excluding hydrogens is 493 g/mol. The summed E-state index contributed by atoms with van der Waals surface area (Å²) in [5.74, 6) is -2.25. The van der Waals surface area contributed by atoms with Crippen LogP contribution in [0.3, 0.4) is 0 Å². The van der Waals surface area contributed by atoms with Crippen LogP contribution in [0.2, 0.25) is 0 Å². The summed E-state index contributed by atoms with van der Waals surface area (Å²) in [4.78, 5) is 15.1. The number of amides is 1. The summed E-state index contributed by atoms with van der Waals surface area (Å²) in [6.07, 6.45) is 2.69. The first-order valence-electron chi connectivity index (χ1n) is 12.4. The lowest BCUT2D eigenvalue weighted by molar-refractivity contribution is -0.161. The summed E-state index contributed by atoms with van der Waals surface area (Å²) in [6.45, 7) is 0.502. The molecule has 0 spiro atoms. The largest absolute Gasteiger partial charge is 0.368 e. The Balaban J connectivity index is 1.35. The zero-order chi connectivity index (χ0) is 25.2. The third-order valence-electron chi connectivity index (χ3n) is 7.81. The summed E-state index contributed by atoms with van der Waals surface area (Å²) in [6, 6.07) is 6.30. The Hall–Kier alpha value is -2.43. The lowest BCUT2D eigenvalue weighted by Crippen LogP contribution is -2.61. The van der Waals surface area contributed by atoms with E-state index in [1.807, 2.05) is 0 Å². The van der Waals surface area contributed by atoms with E-state index in [1.54, 1.807) is 17.0 Å². The van der Waals surface area contributed by atoms with Crippen molar-refractivity contribution in [2.24, 2.45) is 5.92 Å². The van der Waals surface area contributed by atoms with E-state index in [0.29, 0.717) is 32.3 Å². The number of halogens is 3. The number of sulfonamides is 1. The lowest BCUT2D eigenvalue weighted by atomic mass is 9.89. The SMILES string of the molecule is O=C([C@H]1CCO1)N1[C@H]2C[C@H]2C[C@H](NS(=O)(=O)C2CC2)[C@@H]1Cc1cccc(-c2cc(F)cc(F)c2)c1F. The Morgan fingerprint density at radius 2 is 1.78 bits per heavy atom. The van der Waals surface area contributed by atoms with Crippen LogP contribution in [-0.2, 0) is 26.0 Å². The number of hydrogen-bond acceptors (Lipinski definition) is 4. The molecule has 0 unspecified atom stereocenters. The van der Waals surface area contributed by atoms with Crippen molar-refractivity contribution in [1.82, 2.24) is 9.62 Å². The Labute approximate surface area is 207 Å². The molecule has 2 aromatic carbocycles. The molecular formula is C26H27F3N2O4S. The highest BCUT2D eigenvalue weighted by atomic mass is 32.2. The maximum absolute atomic E-state index is 15.7. The van der Waals surface area contributed by atoms with Crippen molar-refractivity contribution in [2.45, 2.75) is 68.0 Å². The van der Waals surface area contributed by atoms with Gasteiger partial charge in [-0.05, 0) is 61.3 Å². The fraction of sp³-hybridized carbons (Fsp3) is 0.500. The van der Waals surface area contributed by atoms with E-state index in [1.165, 1.54) is 6.07 Å². The minimum atomic E-state index is -3.54. The topological polar surface area (TPSA) is 75.7 Å². The zero-order valence-electron chi connectivity index (χ0n) is 19.5. The minimum absolute atomic E-state index is 0.0167. The molecule has 1 N–H and O–H groups in total. The van der Waals surface area contributed by atoms with Crippen LogP contribution in [0.5, 0.6) is 0 Å². The molecule has 2 saturated carbocycles. The van der Waals surface area contributed by atoms with Gasteiger partial charge < -0.3 is 9.64 Å². The van der Waals surface area contributed by atoms with E-state index in [9.17, 15) is 22.0 Å². The lowest BCUT2D eigenvalue weighted by Gasteiger charge is -2.44. The van der Waals surface area contributed by atoms with Crippen LogP contribution in [0, 0.1) is 23.4 Å². The molecule has 4 aliphatic rings. The summed E-state index contributed by atoms with van der Waals surface area (Å²) >= 11 is 0. The Morgan fingerprint density at radius 3 is 2.42 bits per heavy atom. The van der Waals surface area contributed by atoms with Crippen molar-refractivity contribution in [3.8, 4) is 11.1 Å². The molecule has 2 aliphatic carbocycles. The standard InChI is InChI=1S/C26H27F3N2O4S/c27-17-8-15(9-18(28)13-17)20-3-1-2-14(25(20)29)11-23-21(30-36(33,34)19-4-5-19)10-16-12-22(16)31(23)26(32)24-6-7-35-24/h1-3,8-9,13,16,19,21-24,30H,4-7,10-12H2/t16-,21+,22+,23+,24-/m1/s1. The second kappa shape index (κ2) is 8.85. The summed E-state index contributed by atoms with van der Waals surface area (Å²) < 4.78 is 77.3. The fourth-order valence-electron chi connectivity index (χ4n) is 5.62. The van der Waals surface area contributed by atoms with Gasteiger partial charge in [0.2, 0.25) is 10.0 Å². The van der Waals surface area contributed by atoms with E-state index in [4.69, 9.17) is 4.74 Å². The van der Waals surface area contributed by atoms with Crippen LogP contribution in [0.15, 0.2) is 36.4 Å². The number of carbonyl (C=O) groups is 1. The van der Waals surface area contributed by atoms with Gasteiger partial charge >= 0.3 is 0 Å². The highest BCUT2D eigenvalue weighted by Gasteiger charge is 2.56. The van der Waals surface area contributed by atoms with Crippen molar-refractivity contribution in [2.75, 3.05) is 6.61 Å². The molecule has 2 aromatic rings. The summed E-state index contributed by atoms with van der Waals surface area (Å²) in [5.41, 5.74) is 0.366. The van der Waals surface area contributed by atoms with Crippen molar-refractivity contribution in [1.29, 1.82) is 0 Å². The molecule has 0 aromatic heterocycles. The maximum atomic E-state index is 15.7. The van der Waals surface area contributed by atoms with E-state index in [-0.39, 0.29) is 41.0 Å². The number of carbonyl (C=O) groups excluding carboxylic acids is 1. The second-order valence-corrected chi connectivity index (χ2v) is 12.4. The van der Waals surface area contributed by atoms with Crippen LogP contribution >= 0.6 is 0 Å². The Kier molecular flexibility index (Phi) is 5.88. The number of hydrogen-bond donors (Lipinski definition) is 1. The van der Waals surface area contributed by atoms with Crippen molar-refractivity contribution < 1.29 is 31.1 Å². The molecule has 6 rings (SSSR count). The Morgan fingerprint density at radius 1 is 1.06 bits per heavy atom. The van der Waals surface area contributed by atoms with Crippen LogP contribution in [0.25, 0.3) is 11.1 Å². The van der Waals surface area contributed by atoms with Crippen molar-refractivity contribution >= 4 is 15.9 Å². The van der Waals surface area contributed by atoms with E-state index < -0.39 is 50.9 Å². The van der Waals surface area contributed by atoms with Crippen LogP contribution in [-0.4, -0.2) is 55.3 Å². The molecule has 0 bridgehead atoms. The summed E-state index contributed by atoms with van der Waals surface area (Å²) in [5, 5.41) is -0.419. The molecule has 2 aliphatic heterocycles. The van der Waals surface area contributed by atoms with Crippen molar-refractivity contribution in [3.63, 3.8) is 0 Å². The second-order valence-electron chi connectivity index (χ2n) is 10.4. The predicted molar refractivity (Wildman–Crippen MR) is 126 cm³/mol. The Bertz CT molecular complexity index is 1290. The zero-order valence-corrected chi connectivity index (χ0v) is 20.3. The molecule has 1 amide bonds. The smallest absolute Gasteiger partial charge is 0.252 e.